The second kappa shape index (κ2) is 8.83. The minimum Gasteiger partial charge on any atom is -0.480 e. The maximum Gasteiger partial charge on any atom is 0.519 e. The van der Waals surface area contributed by atoms with Crippen LogP contribution in [0, 0.1) is 11.7 Å². The molecule has 2 aromatic carbocycles. The number of carbonyl (C=O) groups excluding carboxylic acids is 1. The van der Waals surface area contributed by atoms with Crippen LogP contribution in [0.5, 0.6) is 0 Å². The van der Waals surface area contributed by atoms with Crippen LogP contribution in [-0.4, -0.2) is 62.8 Å². The summed E-state index contributed by atoms with van der Waals surface area (Å²) in [6.07, 6.45) is 3.27. The first-order chi connectivity index (χ1) is 17.8. The number of hydrogen-bond donors (Lipinski definition) is 2. The molecule has 8 nitrogen and oxygen atoms in total. The van der Waals surface area contributed by atoms with Crippen molar-refractivity contribution in [2.45, 2.75) is 69.2 Å². The summed E-state index contributed by atoms with van der Waals surface area (Å²) in [6.45, 7) is 0.603. The van der Waals surface area contributed by atoms with Crippen molar-refractivity contribution < 1.29 is 29.0 Å². The van der Waals surface area contributed by atoms with Crippen molar-refractivity contribution in [1.82, 2.24) is 14.3 Å². The highest BCUT2D eigenvalue weighted by Crippen LogP contribution is 2.56. The molecular weight excluding hydrogens is 477 g/mol. The van der Waals surface area contributed by atoms with E-state index in [1.165, 1.54) is 17.0 Å². The van der Waals surface area contributed by atoms with Crippen molar-refractivity contribution in [3.05, 3.63) is 65.5 Å². The van der Waals surface area contributed by atoms with E-state index in [1.54, 1.807) is 11.0 Å². The van der Waals surface area contributed by atoms with Gasteiger partial charge in [-0.1, -0.05) is 30.3 Å². The van der Waals surface area contributed by atoms with Crippen LogP contribution in [0.4, 0.5) is 19.7 Å². The zero-order valence-electron chi connectivity index (χ0n) is 20.5. The molecule has 2 aliphatic carbocycles. The van der Waals surface area contributed by atoms with Gasteiger partial charge in [0, 0.05) is 42.1 Å². The standard InChI is InChI=1S/C28H30FN3O5/c29-18-9-12-24-21(15-18)25(31(19-10-11-19)27(35)30-14-13-22(30)26(33)34)20-7-4-8-23(20)32(24,28(36)37)16-17-5-2-1-3-6-17/h1-3,5-6,9,12,15,19-20,22-23,25H,4,7-8,10-11,13-14,16H2,(H-,33,34,36,37)/p+1/t20-,22+,23-,25+,32?/m0/s1. The maximum absolute atomic E-state index is 14.8. The van der Waals surface area contributed by atoms with E-state index < -0.39 is 30.0 Å². The fourth-order valence-corrected chi connectivity index (χ4v) is 7.04. The van der Waals surface area contributed by atoms with Gasteiger partial charge in [0.05, 0.1) is 6.04 Å². The Bertz CT molecular complexity index is 1250. The number of hydrogen-bond acceptors (Lipinski definition) is 3. The summed E-state index contributed by atoms with van der Waals surface area (Å²) in [5, 5.41) is 20.4. The molecule has 0 radical (unpaired) electrons. The minimum absolute atomic E-state index is 0.0520. The Morgan fingerprint density at radius 2 is 1.76 bits per heavy atom. The molecule has 9 heteroatoms. The number of carboxylic acid groups (broad SMARTS) is 2. The number of halogens is 1. The lowest BCUT2D eigenvalue weighted by Gasteiger charge is -2.51. The van der Waals surface area contributed by atoms with E-state index >= 15 is 0 Å². The molecule has 37 heavy (non-hydrogen) atoms. The Morgan fingerprint density at radius 1 is 1.00 bits per heavy atom. The van der Waals surface area contributed by atoms with E-state index in [0.717, 1.165) is 31.2 Å². The van der Waals surface area contributed by atoms with E-state index in [4.69, 9.17) is 0 Å². The van der Waals surface area contributed by atoms with Gasteiger partial charge >= 0.3 is 18.1 Å². The summed E-state index contributed by atoms with van der Waals surface area (Å²) >= 11 is 0. The molecule has 4 aliphatic rings. The number of carboxylic acids is 1. The van der Waals surface area contributed by atoms with Gasteiger partial charge in [0.15, 0.2) is 0 Å². The molecule has 3 fully saturated rings. The number of carbonyl (C=O) groups is 3. The van der Waals surface area contributed by atoms with E-state index in [2.05, 4.69) is 0 Å². The molecule has 0 spiro atoms. The number of aliphatic carboxylic acids is 1. The summed E-state index contributed by atoms with van der Waals surface area (Å²) in [5.41, 5.74) is 1.93. The predicted molar refractivity (Wildman–Crippen MR) is 133 cm³/mol. The molecular formula is C28H31FN3O5+. The third kappa shape index (κ3) is 3.70. The lowest BCUT2D eigenvalue weighted by Crippen LogP contribution is -2.66. The zero-order chi connectivity index (χ0) is 25.9. The summed E-state index contributed by atoms with van der Waals surface area (Å²) in [7, 11) is 0. The first-order valence-electron chi connectivity index (χ1n) is 13.1. The van der Waals surface area contributed by atoms with E-state index in [0.29, 0.717) is 30.6 Å². The normalized spacial score (nSPS) is 30.1. The molecule has 2 saturated carbocycles. The Hall–Kier alpha value is -3.46. The van der Waals surface area contributed by atoms with Crippen molar-refractivity contribution >= 4 is 23.8 Å². The van der Waals surface area contributed by atoms with E-state index in [9.17, 15) is 29.0 Å². The second-order valence-corrected chi connectivity index (χ2v) is 10.9. The van der Waals surface area contributed by atoms with Crippen LogP contribution in [0.15, 0.2) is 48.5 Å². The summed E-state index contributed by atoms with van der Waals surface area (Å²) in [4.78, 5) is 42.0. The molecule has 2 aromatic rings. The van der Waals surface area contributed by atoms with Crippen LogP contribution >= 0.6 is 0 Å². The molecule has 3 amide bonds. The van der Waals surface area contributed by atoms with Crippen LogP contribution < -0.4 is 4.48 Å². The minimum atomic E-state index is -1.02. The number of fused-ring (bicyclic) bond motifs is 2. The van der Waals surface area contributed by atoms with Gasteiger partial charge < -0.3 is 20.0 Å². The molecule has 1 saturated heterocycles. The number of urea groups is 1. The number of quaternary nitrogens is 1. The van der Waals surface area contributed by atoms with Crippen LogP contribution in [0.1, 0.15) is 55.7 Å². The van der Waals surface area contributed by atoms with Crippen molar-refractivity contribution in [2.24, 2.45) is 5.92 Å². The first kappa shape index (κ1) is 23.9. The number of amides is 3. The van der Waals surface area contributed by atoms with Gasteiger partial charge in [-0.2, -0.15) is 9.28 Å². The molecule has 0 bridgehead atoms. The highest BCUT2D eigenvalue weighted by molar-refractivity contribution is 5.87. The molecule has 5 atom stereocenters. The SMILES string of the molecule is O=C(O)[C@H]1CCN1C(=O)N(C1CC1)[C@H]1c2cc(F)ccc2[N+](Cc2ccccc2)(C(=O)O)[C@H]2CCC[C@H]12. The monoisotopic (exact) mass is 508 g/mol. The van der Waals surface area contributed by atoms with Crippen molar-refractivity contribution in [1.29, 1.82) is 0 Å². The number of benzene rings is 2. The largest absolute Gasteiger partial charge is 0.519 e. The summed E-state index contributed by atoms with van der Waals surface area (Å²) < 4.78 is 14.5. The van der Waals surface area contributed by atoms with Gasteiger partial charge in [-0.3, -0.25) is 0 Å². The topological polar surface area (TPSA) is 98.2 Å². The lowest BCUT2D eigenvalue weighted by molar-refractivity contribution is -0.146. The predicted octanol–water partition coefficient (Wildman–Crippen LogP) is 4.98. The molecule has 194 valence electrons. The Balaban J connectivity index is 1.50. The second-order valence-electron chi connectivity index (χ2n) is 10.9. The van der Waals surface area contributed by atoms with E-state index in [-0.39, 0.29) is 35.1 Å². The Morgan fingerprint density at radius 3 is 2.38 bits per heavy atom. The molecule has 0 aromatic heterocycles. The summed E-state index contributed by atoms with van der Waals surface area (Å²) in [5.74, 6) is -1.67. The lowest BCUT2D eigenvalue weighted by atomic mass is 9.79. The van der Waals surface area contributed by atoms with Gasteiger partial charge in [-0.25, -0.2) is 14.0 Å². The van der Waals surface area contributed by atoms with Crippen LogP contribution in [-0.2, 0) is 11.3 Å². The third-order valence-electron chi connectivity index (χ3n) is 8.87. The first-order valence-corrected chi connectivity index (χ1v) is 13.1. The molecule has 2 aliphatic heterocycles. The fraction of sp³-hybridized carbons (Fsp3) is 0.464. The smallest absolute Gasteiger partial charge is 0.480 e. The molecule has 6 rings (SSSR count). The van der Waals surface area contributed by atoms with Gasteiger partial charge in [0.25, 0.3) is 0 Å². The van der Waals surface area contributed by atoms with Crippen LogP contribution in [0.25, 0.3) is 0 Å². The number of nitrogens with zero attached hydrogens (tertiary/aromatic N) is 3. The molecule has 2 N–H and O–H groups in total. The van der Waals surface area contributed by atoms with Crippen LogP contribution in [0.2, 0.25) is 0 Å². The quantitative estimate of drug-likeness (QED) is 0.556. The van der Waals surface area contributed by atoms with Gasteiger partial charge in [-0.05, 0) is 44.2 Å². The van der Waals surface area contributed by atoms with Crippen molar-refractivity contribution in [3.63, 3.8) is 0 Å². The Labute approximate surface area is 214 Å². The van der Waals surface area contributed by atoms with Gasteiger partial charge in [0.1, 0.15) is 30.1 Å². The zero-order valence-corrected chi connectivity index (χ0v) is 20.5. The van der Waals surface area contributed by atoms with Crippen molar-refractivity contribution in [3.8, 4) is 0 Å². The average molecular weight is 509 g/mol. The number of likely N-dealkylation sites (tertiary alicyclic amines) is 1. The van der Waals surface area contributed by atoms with Gasteiger partial charge in [0.2, 0.25) is 0 Å². The fourth-order valence-electron chi connectivity index (χ4n) is 7.04. The third-order valence-corrected chi connectivity index (χ3v) is 8.87. The van der Waals surface area contributed by atoms with Crippen molar-refractivity contribution in [2.75, 3.05) is 6.54 Å². The average Bonchev–Trinajstić information content (AvgIpc) is 3.55. The highest BCUT2D eigenvalue weighted by atomic mass is 19.1. The maximum atomic E-state index is 14.8. The van der Waals surface area contributed by atoms with Crippen LogP contribution in [0.3, 0.4) is 0 Å². The number of rotatable bonds is 5. The summed E-state index contributed by atoms with van der Waals surface area (Å²) in [6, 6.07) is 11.8. The molecule has 2 heterocycles. The van der Waals surface area contributed by atoms with Gasteiger partial charge in [-0.15, -0.1) is 0 Å². The highest BCUT2D eigenvalue weighted by Gasteiger charge is 2.62. The van der Waals surface area contributed by atoms with E-state index in [1.807, 2.05) is 30.3 Å². The molecule has 1 unspecified atom stereocenters. The Kier molecular flexibility index (Phi) is 5.71.